The highest BCUT2D eigenvalue weighted by Gasteiger charge is 2.27. The fraction of sp³-hybridized carbons (Fsp3) is 0.226. The Bertz CT molecular complexity index is 2060. The van der Waals surface area contributed by atoms with E-state index in [2.05, 4.69) is 14.8 Å². The van der Waals surface area contributed by atoms with Crippen molar-refractivity contribution in [1.82, 2.24) is 19.1 Å². The van der Waals surface area contributed by atoms with Gasteiger partial charge in [-0.3, -0.25) is 9.52 Å². The first kappa shape index (κ1) is 31.9. The molecule has 1 fully saturated rings. The molecule has 0 saturated carbocycles. The third kappa shape index (κ3) is 6.74. The Labute approximate surface area is 267 Å². The zero-order valence-corrected chi connectivity index (χ0v) is 25.7. The lowest BCUT2D eigenvalue weighted by Crippen LogP contribution is -2.43. The lowest BCUT2D eigenvalue weighted by Gasteiger charge is -2.26. The third-order valence-electron chi connectivity index (χ3n) is 7.39. The van der Waals surface area contributed by atoms with E-state index in [9.17, 15) is 26.4 Å². The summed E-state index contributed by atoms with van der Waals surface area (Å²) in [5.74, 6) is -0.670. The summed E-state index contributed by atoms with van der Waals surface area (Å²) in [6.07, 6.45) is -1.50. The number of rotatable bonds is 11. The quantitative estimate of drug-likeness (QED) is 0.165. The molecule has 12 nitrogen and oxygen atoms in total. The molecule has 0 unspecified atom stereocenters. The molecule has 4 N–H and O–H groups in total. The van der Waals surface area contributed by atoms with Crippen LogP contribution in [0.5, 0.6) is 17.2 Å². The van der Waals surface area contributed by atoms with Crippen LogP contribution in [0.1, 0.15) is 21.6 Å². The molecule has 1 saturated heterocycles. The van der Waals surface area contributed by atoms with E-state index >= 15 is 0 Å². The van der Waals surface area contributed by atoms with E-state index in [0.717, 1.165) is 0 Å². The zero-order valence-electron chi connectivity index (χ0n) is 24.9. The molecule has 0 aliphatic carbocycles. The Balaban J connectivity index is 1.27. The zero-order chi connectivity index (χ0) is 33.3. The minimum Gasteiger partial charge on any atom is -0.485 e. The number of nitrogens with two attached hydrogens (primary N) is 1. The molecule has 47 heavy (non-hydrogen) atoms. The number of aromatic nitrogens is 3. The van der Waals surface area contributed by atoms with E-state index in [1.165, 1.54) is 45.5 Å². The van der Waals surface area contributed by atoms with Gasteiger partial charge in [0.15, 0.2) is 11.6 Å². The van der Waals surface area contributed by atoms with Crippen LogP contribution in [0, 0.1) is 12.7 Å². The second-order valence-electron chi connectivity index (χ2n) is 10.6. The van der Waals surface area contributed by atoms with Crippen LogP contribution < -0.4 is 19.9 Å². The molecule has 3 heterocycles. The number of ether oxygens (including phenoxy) is 3. The van der Waals surface area contributed by atoms with Crippen LogP contribution >= 0.6 is 0 Å². The van der Waals surface area contributed by atoms with Crippen molar-refractivity contribution in [3.05, 3.63) is 89.5 Å². The number of hydrogen-bond donors (Lipinski definition) is 3. The van der Waals surface area contributed by atoms with Gasteiger partial charge in [-0.05, 0) is 61.0 Å². The molecule has 5 aromatic rings. The number of aryl methyl sites for hydroxylation is 1. The number of nitrogen functional groups attached to an aromatic ring is 1. The second-order valence-corrected chi connectivity index (χ2v) is 12.3. The van der Waals surface area contributed by atoms with Gasteiger partial charge in [0, 0.05) is 24.0 Å². The summed E-state index contributed by atoms with van der Waals surface area (Å²) in [5.41, 5.74) is 8.03. The highest BCUT2D eigenvalue weighted by Crippen LogP contribution is 2.34. The maximum absolute atomic E-state index is 14.0. The minimum atomic E-state index is -4.07. The molecule has 1 aliphatic heterocycles. The molecule has 3 aromatic carbocycles. The van der Waals surface area contributed by atoms with Crippen molar-refractivity contribution in [2.45, 2.75) is 13.3 Å². The first-order chi connectivity index (χ1) is 22.5. The second kappa shape index (κ2) is 13.0. The third-order valence-corrected chi connectivity index (χ3v) is 8.91. The van der Waals surface area contributed by atoms with Gasteiger partial charge in [-0.15, -0.1) is 0 Å². The van der Waals surface area contributed by atoms with E-state index in [1.807, 2.05) is 0 Å². The predicted octanol–water partition coefficient (Wildman–Crippen LogP) is 5.04. The summed E-state index contributed by atoms with van der Waals surface area (Å²) in [7, 11) is -4.07. The number of anilines is 2. The van der Waals surface area contributed by atoms with Crippen LogP contribution in [-0.4, -0.2) is 72.6 Å². The minimum absolute atomic E-state index is 0.0412. The molecule has 0 atom stereocenters. The van der Waals surface area contributed by atoms with Gasteiger partial charge in [-0.25, -0.2) is 17.9 Å². The van der Waals surface area contributed by atoms with Gasteiger partial charge in [0.1, 0.15) is 23.9 Å². The molecule has 0 radical (unpaired) electrons. The maximum atomic E-state index is 14.0. The number of nitrogens with zero attached hydrogens (tertiary/aromatic N) is 3. The predicted molar refractivity (Wildman–Crippen MR) is 167 cm³/mol. The summed E-state index contributed by atoms with van der Waals surface area (Å²) in [4.78, 5) is 16.5. The number of fused-ring (bicyclic) bond motifs is 1. The van der Waals surface area contributed by atoms with Gasteiger partial charge in [0.05, 0.1) is 42.0 Å². The van der Waals surface area contributed by atoms with E-state index in [0.29, 0.717) is 27.9 Å². The molecule has 0 spiro atoms. The maximum Gasteiger partial charge on any atom is 0.301 e. The number of hydrogen-bond acceptors (Lipinski definition) is 8. The highest BCUT2D eigenvalue weighted by molar-refractivity contribution is 7.90. The Morgan fingerprint density at radius 2 is 1.87 bits per heavy atom. The number of para-hydroxylation sites is 1. The number of morpholine rings is 1. The molecule has 6 rings (SSSR count). The first-order valence-corrected chi connectivity index (χ1v) is 15.8. The van der Waals surface area contributed by atoms with Crippen LogP contribution in [0.3, 0.4) is 0 Å². The van der Waals surface area contributed by atoms with Crippen LogP contribution in [0.15, 0.2) is 66.9 Å². The lowest BCUT2D eigenvalue weighted by atomic mass is 10.1. The van der Waals surface area contributed by atoms with Gasteiger partial charge >= 0.3 is 10.2 Å². The fourth-order valence-corrected chi connectivity index (χ4v) is 6.27. The monoisotopic (exact) mass is 670 g/mol. The van der Waals surface area contributed by atoms with Gasteiger partial charge in [-0.1, -0.05) is 12.1 Å². The van der Waals surface area contributed by atoms with E-state index in [1.54, 1.807) is 37.3 Å². The largest absolute Gasteiger partial charge is 0.485 e. The fourth-order valence-electron chi connectivity index (χ4n) is 5.08. The molecule has 1 aliphatic rings. The highest BCUT2D eigenvalue weighted by atomic mass is 32.2. The molecular weight excluding hydrogens is 641 g/mol. The van der Waals surface area contributed by atoms with Crippen molar-refractivity contribution in [2.24, 2.45) is 0 Å². The Kier molecular flexibility index (Phi) is 8.81. The molecular formula is C31H29F3N6O6S. The van der Waals surface area contributed by atoms with E-state index in [4.69, 9.17) is 19.9 Å². The number of alkyl halides is 2. The number of H-pyrrole nitrogens is 1. The topological polar surface area (TPSA) is 154 Å². The molecule has 0 bridgehead atoms. The normalized spacial score (nSPS) is 14.1. The van der Waals surface area contributed by atoms with Crippen molar-refractivity contribution < 1.29 is 40.6 Å². The summed E-state index contributed by atoms with van der Waals surface area (Å²) >= 11 is 0. The van der Waals surface area contributed by atoms with Crippen molar-refractivity contribution in [3.8, 4) is 22.9 Å². The number of nitrogens with one attached hydrogen (secondary N) is 2. The Morgan fingerprint density at radius 3 is 2.60 bits per heavy atom. The summed E-state index contributed by atoms with van der Waals surface area (Å²) in [5, 5.41) is 4.71. The van der Waals surface area contributed by atoms with Crippen LogP contribution in [-0.2, 0) is 14.9 Å². The number of halogens is 3. The first-order valence-electron chi connectivity index (χ1n) is 14.3. The average Bonchev–Trinajstić information content (AvgIpc) is 3.64. The van der Waals surface area contributed by atoms with Gasteiger partial charge in [0.2, 0.25) is 5.78 Å². The van der Waals surface area contributed by atoms with Crippen molar-refractivity contribution >= 4 is 38.4 Å². The molecule has 0 amide bonds. The van der Waals surface area contributed by atoms with Crippen LogP contribution in [0.25, 0.3) is 16.6 Å². The van der Waals surface area contributed by atoms with E-state index < -0.39 is 34.8 Å². The molecule has 16 heteroatoms. The SMILES string of the molecule is Cc1cc(Oc2ccccc2F)ccc1-n1ncc(C(=O)c2cc3cc(OCC(F)F)c(NS(=O)(=O)N4CCOCC4)cc3[nH]2)c1N. The number of carbonyl (C=O) groups is 1. The van der Waals surface area contributed by atoms with Crippen LogP contribution in [0.4, 0.5) is 24.7 Å². The van der Waals surface area contributed by atoms with Gasteiger partial charge in [0.25, 0.3) is 6.43 Å². The van der Waals surface area contributed by atoms with E-state index in [-0.39, 0.29) is 60.6 Å². The number of benzene rings is 3. The number of carbonyl (C=O) groups excluding carboxylic acids is 1. The van der Waals surface area contributed by atoms with Crippen molar-refractivity contribution in [2.75, 3.05) is 43.4 Å². The summed E-state index contributed by atoms with van der Waals surface area (Å²) in [6, 6.07) is 15.2. The smallest absolute Gasteiger partial charge is 0.301 e. The van der Waals surface area contributed by atoms with Crippen molar-refractivity contribution in [3.63, 3.8) is 0 Å². The standard InChI is InChI=1S/C31H29F3N6O6S/c1-18-12-20(46-27-5-3-2-4-22(27)32)6-7-26(18)40-31(35)21(16-36-40)30(41)25-13-19-14-28(45-17-29(33)34)24(15-23(19)37-25)38-47(42,43)39-8-10-44-11-9-39/h2-7,12-16,29,37-38H,8-11,17,35H2,1H3. The Hall–Kier alpha value is -5.06. The number of aromatic amines is 1. The molecule has 2 aromatic heterocycles. The average molecular weight is 671 g/mol. The van der Waals surface area contributed by atoms with Crippen LogP contribution in [0.2, 0.25) is 0 Å². The van der Waals surface area contributed by atoms with Gasteiger partial charge < -0.3 is 24.9 Å². The summed E-state index contributed by atoms with van der Waals surface area (Å²) < 4.78 is 87.2. The lowest BCUT2D eigenvalue weighted by molar-refractivity contribution is 0.0733. The number of ketones is 1. The summed E-state index contributed by atoms with van der Waals surface area (Å²) in [6.45, 7) is 1.47. The molecule has 246 valence electrons. The van der Waals surface area contributed by atoms with Gasteiger partial charge in [-0.2, -0.15) is 17.8 Å². The van der Waals surface area contributed by atoms with Crippen molar-refractivity contribution in [1.29, 1.82) is 0 Å². The Morgan fingerprint density at radius 1 is 1.11 bits per heavy atom.